The van der Waals surface area contributed by atoms with Crippen molar-refractivity contribution in [2.45, 2.75) is 18.9 Å². The normalized spacial score (nSPS) is 19.0. The van der Waals surface area contributed by atoms with Gasteiger partial charge in [-0.1, -0.05) is 30.3 Å². The Morgan fingerprint density at radius 2 is 1.84 bits per heavy atom. The Hall–Kier alpha value is -1.17. The van der Waals surface area contributed by atoms with Crippen LogP contribution in [0.15, 0.2) is 35.7 Å². The van der Waals surface area contributed by atoms with Crippen molar-refractivity contribution in [1.82, 2.24) is 9.62 Å². The number of nitrogens with zero attached hydrogens (tertiary/aromatic N) is 1. The SMILES string of the molecule is CN1CCC(NS(=O)(=O)C=Cc2ccccc2)CC1. The van der Waals surface area contributed by atoms with Crippen molar-refractivity contribution >= 4 is 16.1 Å². The van der Waals surface area contributed by atoms with E-state index in [2.05, 4.69) is 16.7 Å². The molecule has 104 valence electrons. The predicted octanol–water partition coefficient (Wildman–Crippen LogP) is 1.67. The van der Waals surface area contributed by atoms with E-state index >= 15 is 0 Å². The summed E-state index contributed by atoms with van der Waals surface area (Å²) >= 11 is 0. The summed E-state index contributed by atoms with van der Waals surface area (Å²) in [5.41, 5.74) is 0.885. The lowest BCUT2D eigenvalue weighted by molar-refractivity contribution is 0.248. The lowest BCUT2D eigenvalue weighted by Gasteiger charge is -2.28. The smallest absolute Gasteiger partial charge is 0.233 e. The van der Waals surface area contributed by atoms with Crippen LogP contribution in [0.25, 0.3) is 6.08 Å². The van der Waals surface area contributed by atoms with Gasteiger partial charge in [0, 0.05) is 11.4 Å². The maximum Gasteiger partial charge on any atom is 0.233 e. The van der Waals surface area contributed by atoms with Crippen LogP contribution >= 0.6 is 0 Å². The van der Waals surface area contributed by atoms with Crippen molar-refractivity contribution in [3.05, 3.63) is 41.3 Å². The van der Waals surface area contributed by atoms with Crippen LogP contribution in [0.5, 0.6) is 0 Å². The number of rotatable bonds is 4. The summed E-state index contributed by atoms with van der Waals surface area (Å²) in [6.45, 7) is 1.88. The quantitative estimate of drug-likeness (QED) is 0.913. The molecule has 1 fully saturated rings. The number of benzene rings is 1. The van der Waals surface area contributed by atoms with Gasteiger partial charge in [0.1, 0.15) is 0 Å². The van der Waals surface area contributed by atoms with Gasteiger partial charge < -0.3 is 4.90 Å². The van der Waals surface area contributed by atoms with Crippen molar-refractivity contribution in [3.8, 4) is 0 Å². The summed E-state index contributed by atoms with van der Waals surface area (Å²) in [6, 6.07) is 9.49. The lowest BCUT2D eigenvalue weighted by atomic mass is 10.1. The molecule has 4 nitrogen and oxygen atoms in total. The Labute approximate surface area is 115 Å². The van der Waals surface area contributed by atoms with Crippen molar-refractivity contribution in [3.63, 3.8) is 0 Å². The summed E-state index contributed by atoms with van der Waals surface area (Å²) in [5, 5.41) is 1.25. The minimum atomic E-state index is -3.35. The van der Waals surface area contributed by atoms with Crippen LogP contribution in [-0.4, -0.2) is 39.5 Å². The third-order valence-electron chi connectivity index (χ3n) is 3.29. The van der Waals surface area contributed by atoms with Crippen LogP contribution in [-0.2, 0) is 10.0 Å². The molecule has 1 aliphatic heterocycles. The maximum atomic E-state index is 11.9. The van der Waals surface area contributed by atoms with E-state index < -0.39 is 10.0 Å². The van der Waals surface area contributed by atoms with Gasteiger partial charge in [-0.05, 0) is 44.6 Å². The second-order valence-corrected chi connectivity index (χ2v) is 6.55. The van der Waals surface area contributed by atoms with E-state index in [-0.39, 0.29) is 6.04 Å². The molecule has 1 aromatic rings. The van der Waals surface area contributed by atoms with Gasteiger partial charge in [-0.15, -0.1) is 0 Å². The Morgan fingerprint density at radius 3 is 2.47 bits per heavy atom. The van der Waals surface area contributed by atoms with E-state index in [9.17, 15) is 8.42 Å². The summed E-state index contributed by atoms with van der Waals surface area (Å²) in [5.74, 6) is 0. The standard InChI is InChI=1S/C14H20N2O2S/c1-16-10-7-14(8-11-16)15-19(17,18)12-9-13-5-3-2-4-6-13/h2-6,9,12,14-15H,7-8,10-11H2,1H3. The molecule has 19 heavy (non-hydrogen) atoms. The molecule has 1 aliphatic rings. The largest absolute Gasteiger partial charge is 0.306 e. The minimum absolute atomic E-state index is 0.0571. The van der Waals surface area contributed by atoms with Gasteiger partial charge in [-0.25, -0.2) is 13.1 Å². The van der Waals surface area contributed by atoms with Crippen molar-refractivity contribution in [2.24, 2.45) is 0 Å². The molecule has 2 rings (SSSR count). The molecule has 0 atom stereocenters. The van der Waals surface area contributed by atoms with Gasteiger partial charge in [-0.2, -0.15) is 0 Å². The van der Waals surface area contributed by atoms with E-state index in [1.54, 1.807) is 6.08 Å². The molecular weight excluding hydrogens is 260 g/mol. The second kappa shape index (κ2) is 6.32. The average Bonchev–Trinajstić information content (AvgIpc) is 2.40. The first kappa shape index (κ1) is 14.2. The molecule has 0 amide bonds. The van der Waals surface area contributed by atoms with Gasteiger partial charge in [-0.3, -0.25) is 0 Å². The molecule has 0 spiro atoms. The fourth-order valence-corrected chi connectivity index (χ4v) is 3.25. The number of nitrogens with one attached hydrogen (secondary N) is 1. The highest BCUT2D eigenvalue weighted by atomic mass is 32.2. The van der Waals surface area contributed by atoms with E-state index in [0.29, 0.717) is 0 Å². The zero-order valence-corrected chi connectivity index (χ0v) is 11.9. The van der Waals surface area contributed by atoms with E-state index in [1.165, 1.54) is 5.41 Å². The Morgan fingerprint density at radius 1 is 1.21 bits per heavy atom. The first-order valence-electron chi connectivity index (χ1n) is 6.49. The number of hydrogen-bond acceptors (Lipinski definition) is 3. The number of likely N-dealkylation sites (tertiary alicyclic amines) is 1. The topological polar surface area (TPSA) is 49.4 Å². The maximum absolute atomic E-state index is 11.9. The van der Waals surface area contributed by atoms with Crippen LogP contribution in [0.3, 0.4) is 0 Å². The third kappa shape index (κ3) is 4.78. The molecule has 1 N–H and O–H groups in total. The molecule has 1 aromatic carbocycles. The Balaban J connectivity index is 1.94. The zero-order chi connectivity index (χ0) is 13.7. The fourth-order valence-electron chi connectivity index (χ4n) is 2.13. The number of hydrogen-bond donors (Lipinski definition) is 1. The van der Waals surface area contributed by atoms with Crippen LogP contribution in [0.1, 0.15) is 18.4 Å². The van der Waals surface area contributed by atoms with Crippen molar-refractivity contribution in [2.75, 3.05) is 20.1 Å². The molecule has 0 aliphatic carbocycles. The van der Waals surface area contributed by atoms with Crippen molar-refractivity contribution < 1.29 is 8.42 Å². The van der Waals surface area contributed by atoms with Crippen LogP contribution < -0.4 is 4.72 Å². The molecular formula is C14H20N2O2S. The molecule has 0 bridgehead atoms. The van der Waals surface area contributed by atoms with Gasteiger partial charge >= 0.3 is 0 Å². The van der Waals surface area contributed by atoms with Gasteiger partial charge in [0.25, 0.3) is 0 Å². The minimum Gasteiger partial charge on any atom is -0.306 e. The Bertz CT molecular complexity index is 518. The zero-order valence-electron chi connectivity index (χ0n) is 11.1. The molecule has 1 saturated heterocycles. The number of sulfonamides is 1. The summed E-state index contributed by atoms with van der Waals surface area (Å²) in [7, 11) is -1.29. The van der Waals surface area contributed by atoms with Gasteiger partial charge in [0.2, 0.25) is 10.0 Å². The summed E-state index contributed by atoms with van der Waals surface area (Å²) < 4.78 is 26.6. The second-order valence-electron chi connectivity index (χ2n) is 4.95. The van der Waals surface area contributed by atoms with E-state index in [4.69, 9.17) is 0 Å². The van der Waals surface area contributed by atoms with Crippen molar-refractivity contribution in [1.29, 1.82) is 0 Å². The first-order chi connectivity index (χ1) is 9.05. The van der Waals surface area contributed by atoms with Gasteiger partial charge in [0.15, 0.2) is 0 Å². The van der Waals surface area contributed by atoms with Crippen LogP contribution in [0.2, 0.25) is 0 Å². The summed E-state index contributed by atoms with van der Waals surface area (Å²) in [6.07, 6.45) is 3.36. The molecule has 5 heteroatoms. The van der Waals surface area contributed by atoms with E-state index in [0.717, 1.165) is 31.5 Å². The highest BCUT2D eigenvalue weighted by Gasteiger charge is 2.20. The van der Waals surface area contributed by atoms with E-state index in [1.807, 2.05) is 30.3 Å². The highest BCUT2D eigenvalue weighted by molar-refractivity contribution is 7.92. The molecule has 0 radical (unpaired) electrons. The van der Waals surface area contributed by atoms with Gasteiger partial charge in [0.05, 0.1) is 0 Å². The third-order valence-corrected chi connectivity index (χ3v) is 4.44. The van der Waals surface area contributed by atoms with Crippen LogP contribution in [0, 0.1) is 0 Å². The highest BCUT2D eigenvalue weighted by Crippen LogP contribution is 2.10. The first-order valence-corrected chi connectivity index (χ1v) is 8.04. The average molecular weight is 280 g/mol. The molecule has 0 unspecified atom stereocenters. The van der Waals surface area contributed by atoms with Crippen LogP contribution in [0.4, 0.5) is 0 Å². The Kier molecular flexibility index (Phi) is 4.74. The fraction of sp³-hybridized carbons (Fsp3) is 0.429. The number of piperidine rings is 1. The molecule has 0 aromatic heterocycles. The monoisotopic (exact) mass is 280 g/mol. The lowest BCUT2D eigenvalue weighted by Crippen LogP contribution is -2.42. The predicted molar refractivity (Wildman–Crippen MR) is 78.1 cm³/mol. The molecule has 1 heterocycles. The summed E-state index contributed by atoms with van der Waals surface area (Å²) in [4.78, 5) is 2.21. The molecule has 0 saturated carbocycles.